The zero-order valence-electron chi connectivity index (χ0n) is 13.3. The molecular formula is C18H22BrNO3. The van der Waals surface area contributed by atoms with E-state index in [9.17, 15) is 9.59 Å². The number of esters is 1. The molecule has 1 aromatic carbocycles. The Morgan fingerprint density at radius 1 is 1.30 bits per heavy atom. The summed E-state index contributed by atoms with van der Waals surface area (Å²) < 4.78 is 5.88. The monoisotopic (exact) mass is 379 g/mol. The fourth-order valence-electron chi connectivity index (χ4n) is 2.53. The maximum Gasteiger partial charge on any atom is 0.340 e. The van der Waals surface area contributed by atoms with E-state index < -0.39 is 12.1 Å². The Kier molecular flexibility index (Phi) is 6.84. The average Bonchev–Trinajstić information content (AvgIpc) is 2.56. The number of carbonyl (C=O) groups is 2. The maximum absolute atomic E-state index is 12.1. The van der Waals surface area contributed by atoms with Crippen LogP contribution in [0.15, 0.2) is 40.4 Å². The molecule has 23 heavy (non-hydrogen) atoms. The van der Waals surface area contributed by atoms with Gasteiger partial charge < -0.3 is 10.1 Å². The van der Waals surface area contributed by atoms with Crippen LogP contribution >= 0.6 is 15.9 Å². The number of benzene rings is 1. The summed E-state index contributed by atoms with van der Waals surface area (Å²) in [5, 5.41) is 2.83. The number of halogens is 1. The second kappa shape index (κ2) is 8.87. The van der Waals surface area contributed by atoms with Gasteiger partial charge in [0.05, 0.1) is 5.56 Å². The van der Waals surface area contributed by atoms with E-state index in [1.165, 1.54) is 18.4 Å². The lowest BCUT2D eigenvalue weighted by Crippen LogP contribution is -2.36. The first-order valence-electron chi connectivity index (χ1n) is 7.99. The molecule has 124 valence electrons. The molecule has 0 unspecified atom stereocenters. The van der Waals surface area contributed by atoms with Crippen molar-refractivity contribution < 1.29 is 14.3 Å². The topological polar surface area (TPSA) is 55.4 Å². The minimum atomic E-state index is -0.810. The van der Waals surface area contributed by atoms with Gasteiger partial charge in [-0.2, -0.15) is 0 Å². The Morgan fingerprint density at radius 3 is 2.78 bits per heavy atom. The molecule has 5 heteroatoms. The predicted octanol–water partition coefficient (Wildman–Crippen LogP) is 4.00. The lowest BCUT2D eigenvalue weighted by Gasteiger charge is -2.16. The minimum absolute atomic E-state index is 0.262. The number of hydrogen-bond donors (Lipinski definition) is 1. The molecule has 4 nitrogen and oxygen atoms in total. The van der Waals surface area contributed by atoms with Crippen molar-refractivity contribution in [2.45, 2.75) is 45.1 Å². The van der Waals surface area contributed by atoms with Gasteiger partial charge in [0.15, 0.2) is 6.10 Å². The van der Waals surface area contributed by atoms with Gasteiger partial charge in [-0.3, -0.25) is 4.79 Å². The lowest BCUT2D eigenvalue weighted by atomic mass is 9.97. The first kappa shape index (κ1) is 17.7. The van der Waals surface area contributed by atoms with Crippen LogP contribution in [0.4, 0.5) is 0 Å². The summed E-state index contributed by atoms with van der Waals surface area (Å²) in [6, 6.07) is 6.99. The second-order valence-electron chi connectivity index (χ2n) is 5.68. The van der Waals surface area contributed by atoms with E-state index in [2.05, 4.69) is 27.3 Å². The molecule has 1 N–H and O–H groups in total. The van der Waals surface area contributed by atoms with Crippen molar-refractivity contribution in [3.05, 3.63) is 46.0 Å². The highest BCUT2D eigenvalue weighted by Gasteiger charge is 2.20. The van der Waals surface area contributed by atoms with Crippen LogP contribution in [-0.2, 0) is 9.53 Å². The van der Waals surface area contributed by atoms with Gasteiger partial charge in [0.2, 0.25) is 0 Å². The van der Waals surface area contributed by atoms with Crippen molar-refractivity contribution in [2.75, 3.05) is 6.54 Å². The largest absolute Gasteiger partial charge is 0.449 e. The number of nitrogens with one attached hydrogen (secondary N) is 1. The molecule has 0 spiro atoms. The summed E-state index contributed by atoms with van der Waals surface area (Å²) in [6.07, 6.45) is 7.10. The molecular weight excluding hydrogens is 358 g/mol. The summed E-state index contributed by atoms with van der Waals surface area (Å²) in [7, 11) is 0. The Labute approximate surface area is 145 Å². The zero-order valence-corrected chi connectivity index (χ0v) is 14.9. The summed E-state index contributed by atoms with van der Waals surface area (Å²) in [4.78, 5) is 24.1. The van der Waals surface area contributed by atoms with E-state index in [1.807, 2.05) is 6.07 Å². The van der Waals surface area contributed by atoms with Crippen LogP contribution in [0.5, 0.6) is 0 Å². The predicted molar refractivity (Wildman–Crippen MR) is 93.2 cm³/mol. The number of allylic oxidation sites excluding steroid dienone is 1. The molecule has 0 heterocycles. The van der Waals surface area contributed by atoms with Crippen molar-refractivity contribution in [3.8, 4) is 0 Å². The van der Waals surface area contributed by atoms with Gasteiger partial charge in [-0.1, -0.05) is 23.8 Å². The van der Waals surface area contributed by atoms with Crippen LogP contribution < -0.4 is 5.32 Å². The maximum atomic E-state index is 12.1. The quantitative estimate of drug-likeness (QED) is 0.600. The fourth-order valence-corrected chi connectivity index (χ4v) is 2.97. The number of hydrogen-bond acceptors (Lipinski definition) is 3. The molecule has 2 rings (SSSR count). The van der Waals surface area contributed by atoms with E-state index in [0.717, 1.165) is 19.3 Å². The molecule has 0 aromatic heterocycles. The van der Waals surface area contributed by atoms with Crippen LogP contribution in [0, 0.1) is 0 Å². The van der Waals surface area contributed by atoms with Crippen molar-refractivity contribution in [1.82, 2.24) is 5.32 Å². The van der Waals surface area contributed by atoms with E-state index in [1.54, 1.807) is 25.1 Å². The average molecular weight is 380 g/mol. The highest BCUT2D eigenvalue weighted by molar-refractivity contribution is 9.10. The van der Waals surface area contributed by atoms with Crippen LogP contribution in [0.3, 0.4) is 0 Å². The highest BCUT2D eigenvalue weighted by atomic mass is 79.9. The number of carbonyl (C=O) groups excluding carboxylic acids is 2. The van der Waals surface area contributed by atoms with Crippen molar-refractivity contribution >= 4 is 27.8 Å². The van der Waals surface area contributed by atoms with Gasteiger partial charge in [0.25, 0.3) is 5.91 Å². The Hall–Kier alpha value is -1.62. The first-order valence-corrected chi connectivity index (χ1v) is 8.78. The molecule has 0 aliphatic heterocycles. The molecule has 0 saturated carbocycles. The van der Waals surface area contributed by atoms with Gasteiger partial charge in [-0.25, -0.2) is 4.79 Å². The summed E-state index contributed by atoms with van der Waals surface area (Å²) in [5.41, 5.74) is 1.83. The van der Waals surface area contributed by atoms with Gasteiger partial charge in [0.1, 0.15) is 0 Å². The fraction of sp³-hybridized carbons (Fsp3) is 0.444. The van der Waals surface area contributed by atoms with Gasteiger partial charge >= 0.3 is 5.97 Å². The summed E-state index contributed by atoms with van der Waals surface area (Å²) >= 11 is 3.30. The molecule has 1 aliphatic carbocycles. The Bertz CT molecular complexity index is 598. The van der Waals surface area contributed by atoms with Gasteiger partial charge in [-0.05, 0) is 67.1 Å². The Morgan fingerprint density at radius 2 is 2.09 bits per heavy atom. The third-order valence-electron chi connectivity index (χ3n) is 3.88. The molecule has 0 bridgehead atoms. The number of rotatable bonds is 6. The van der Waals surface area contributed by atoms with Gasteiger partial charge in [0, 0.05) is 11.0 Å². The lowest BCUT2D eigenvalue weighted by molar-refractivity contribution is -0.129. The molecule has 1 amide bonds. The molecule has 0 fully saturated rings. The van der Waals surface area contributed by atoms with Crippen molar-refractivity contribution in [3.63, 3.8) is 0 Å². The minimum Gasteiger partial charge on any atom is -0.449 e. The van der Waals surface area contributed by atoms with E-state index in [-0.39, 0.29) is 5.91 Å². The van der Waals surface area contributed by atoms with Crippen molar-refractivity contribution in [2.24, 2.45) is 0 Å². The van der Waals surface area contributed by atoms with Crippen LogP contribution in [0.1, 0.15) is 49.4 Å². The van der Waals surface area contributed by atoms with Gasteiger partial charge in [-0.15, -0.1) is 0 Å². The van der Waals surface area contributed by atoms with Crippen LogP contribution in [0.25, 0.3) is 0 Å². The normalized spacial score (nSPS) is 15.5. The van der Waals surface area contributed by atoms with E-state index in [4.69, 9.17) is 4.74 Å². The second-order valence-corrected chi connectivity index (χ2v) is 6.53. The molecule has 1 atom stereocenters. The van der Waals surface area contributed by atoms with E-state index in [0.29, 0.717) is 16.6 Å². The van der Waals surface area contributed by atoms with Crippen LogP contribution in [0.2, 0.25) is 0 Å². The smallest absolute Gasteiger partial charge is 0.340 e. The standard InChI is InChI=1S/C18H22BrNO3/c1-13(23-18(22)15-9-5-6-10-16(15)19)17(21)20-12-11-14-7-3-2-4-8-14/h5-7,9-10,13H,2-4,8,11-12H2,1H3,(H,20,21)/t13-/m0/s1. The summed E-state index contributed by atoms with van der Waals surface area (Å²) in [6.45, 7) is 2.17. The molecule has 0 saturated heterocycles. The molecule has 1 aromatic rings. The third-order valence-corrected chi connectivity index (χ3v) is 4.57. The van der Waals surface area contributed by atoms with Crippen molar-refractivity contribution in [1.29, 1.82) is 0 Å². The first-order chi connectivity index (χ1) is 11.1. The zero-order chi connectivity index (χ0) is 16.7. The third kappa shape index (κ3) is 5.50. The van der Waals surface area contributed by atoms with Crippen LogP contribution in [-0.4, -0.2) is 24.5 Å². The molecule has 1 aliphatic rings. The molecule has 0 radical (unpaired) electrons. The Balaban J connectivity index is 1.77. The number of ether oxygens (including phenoxy) is 1. The van der Waals surface area contributed by atoms with E-state index >= 15 is 0 Å². The number of amides is 1. The summed E-state index contributed by atoms with van der Waals surface area (Å²) in [5.74, 6) is -0.767. The highest BCUT2D eigenvalue weighted by Crippen LogP contribution is 2.19. The SMILES string of the molecule is C[C@H](OC(=O)c1ccccc1Br)C(=O)NCCC1=CCCCC1.